The smallest absolute Gasteiger partial charge is 0.166 e. The van der Waals surface area contributed by atoms with Crippen molar-refractivity contribution < 1.29 is 14.3 Å². The van der Waals surface area contributed by atoms with E-state index in [-0.39, 0.29) is 11.7 Å². The molecule has 0 radical (unpaired) electrons. The third kappa shape index (κ3) is 5.88. The Balaban J connectivity index is 0.000000858. The Morgan fingerprint density at radius 2 is 1.58 bits per heavy atom. The number of hydrogen-bond donors (Lipinski definition) is 0. The van der Waals surface area contributed by atoms with Gasteiger partial charge in [-0.25, -0.2) is 0 Å². The fraction of sp³-hybridized carbons (Fsp3) is 0.519. The summed E-state index contributed by atoms with van der Waals surface area (Å²) in [5.41, 5.74) is 3.31. The van der Waals surface area contributed by atoms with Gasteiger partial charge in [0.2, 0.25) is 0 Å². The zero-order chi connectivity index (χ0) is 22.2. The van der Waals surface area contributed by atoms with Gasteiger partial charge in [-0.3, -0.25) is 9.69 Å². The highest BCUT2D eigenvalue weighted by molar-refractivity contribution is 6.02. The highest BCUT2D eigenvalue weighted by Crippen LogP contribution is 2.39. The number of fused-ring (bicyclic) bond motifs is 1. The van der Waals surface area contributed by atoms with E-state index in [1.807, 2.05) is 12.1 Å². The van der Waals surface area contributed by atoms with Crippen LogP contribution in [0.5, 0.6) is 11.5 Å². The first-order valence-corrected chi connectivity index (χ1v) is 11.6. The summed E-state index contributed by atoms with van der Waals surface area (Å²) in [6.07, 6.45) is 5.44. The Bertz CT molecular complexity index is 841. The fourth-order valence-corrected chi connectivity index (χ4v) is 4.71. The van der Waals surface area contributed by atoms with Crippen LogP contribution in [0.25, 0.3) is 0 Å². The second-order valence-electron chi connectivity index (χ2n) is 8.78. The predicted octanol–water partition coefficient (Wildman–Crippen LogP) is 5.78. The number of carbonyl (C=O) groups is 1. The van der Waals surface area contributed by atoms with Crippen molar-refractivity contribution in [3.63, 3.8) is 0 Å². The highest BCUT2D eigenvalue weighted by Gasteiger charge is 2.34. The van der Waals surface area contributed by atoms with Crippen LogP contribution >= 0.6 is 0 Å². The second kappa shape index (κ2) is 11.3. The van der Waals surface area contributed by atoms with Crippen molar-refractivity contribution >= 4 is 5.78 Å². The number of methoxy groups -OCH3 is 2. The first kappa shape index (κ1) is 23.3. The van der Waals surface area contributed by atoms with Crippen molar-refractivity contribution in [2.75, 3.05) is 27.3 Å². The minimum Gasteiger partial charge on any atom is -0.493 e. The molecule has 1 saturated heterocycles. The molecule has 1 heterocycles. The molecule has 0 N–H and O–H groups in total. The lowest BCUT2D eigenvalue weighted by Gasteiger charge is -2.32. The van der Waals surface area contributed by atoms with Gasteiger partial charge in [0.1, 0.15) is 0 Å². The van der Waals surface area contributed by atoms with Gasteiger partial charge in [-0.05, 0) is 68.0 Å². The van der Waals surface area contributed by atoms with E-state index in [0.29, 0.717) is 17.4 Å². The molecule has 1 aliphatic carbocycles. The third-order valence-corrected chi connectivity index (χ3v) is 6.29. The Morgan fingerprint density at radius 3 is 2.19 bits per heavy atom. The van der Waals surface area contributed by atoms with Crippen LogP contribution in [0.15, 0.2) is 42.5 Å². The summed E-state index contributed by atoms with van der Waals surface area (Å²) in [6, 6.07) is 14.5. The second-order valence-corrected chi connectivity index (χ2v) is 8.78. The van der Waals surface area contributed by atoms with E-state index in [1.54, 1.807) is 14.2 Å². The van der Waals surface area contributed by atoms with Gasteiger partial charge in [0.05, 0.1) is 14.2 Å². The molecular formula is C27H37NO3. The van der Waals surface area contributed by atoms with Crippen LogP contribution in [0.3, 0.4) is 0 Å². The molecule has 0 spiro atoms. The molecule has 2 aromatic rings. The number of ketones is 1. The van der Waals surface area contributed by atoms with Gasteiger partial charge in [-0.15, -0.1) is 0 Å². The quantitative estimate of drug-likeness (QED) is 0.591. The van der Waals surface area contributed by atoms with Crippen LogP contribution in [0, 0.1) is 11.8 Å². The molecule has 4 nitrogen and oxygen atoms in total. The van der Waals surface area contributed by atoms with Crippen LogP contribution in [0.2, 0.25) is 0 Å². The summed E-state index contributed by atoms with van der Waals surface area (Å²) in [7, 11) is 3.26. The molecule has 0 bridgehead atoms. The Kier molecular flexibility index (Phi) is 8.53. The van der Waals surface area contributed by atoms with Crippen LogP contribution < -0.4 is 9.47 Å². The van der Waals surface area contributed by atoms with Gasteiger partial charge in [0, 0.05) is 18.0 Å². The predicted molar refractivity (Wildman–Crippen MR) is 126 cm³/mol. The van der Waals surface area contributed by atoms with E-state index < -0.39 is 0 Å². The molecule has 0 saturated carbocycles. The zero-order valence-corrected chi connectivity index (χ0v) is 19.5. The Labute approximate surface area is 187 Å². The lowest BCUT2D eigenvalue weighted by atomic mass is 9.85. The normalized spacial score (nSPS) is 18.8. The number of Topliss-reactive ketones (excluding diaryl/α,β-unsaturated/α-hetero) is 1. The number of nitrogens with zero attached hydrogens (tertiary/aromatic N) is 1. The molecule has 4 rings (SSSR count). The molecule has 168 valence electrons. The average Bonchev–Trinajstić information content (AvgIpc) is 3.09. The van der Waals surface area contributed by atoms with Crippen molar-refractivity contribution in [1.82, 2.24) is 4.90 Å². The maximum Gasteiger partial charge on any atom is 0.166 e. The first-order valence-electron chi connectivity index (χ1n) is 11.6. The fourth-order valence-electron chi connectivity index (χ4n) is 4.71. The van der Waals surface area contributed by atoms with E-state index in [2.05, 4.69) is 49.1 Å². The van der Waals surface area contributed by atoms with Gasteiger partial charge in [0.25, 0.3) is 0 Å². The van der Waals surface area contributed by atoms with Crippen molar-refractivity contribution in [2.45, 2.75) is 52.5 Å². The summed E-state index contributed by atoms with van der Waals surface area (Å²) < 4.78 is 10.8. The summed E-state index contributed by atoms with van der Waals surface area (Å²) in [4.78, 5) is 15.5. The van der Waals surface area contributed by atoms with Crippen molar-refractivity contribution in [3.8, 4) is 11.5 Å². The summed E-state index contributed by atoms with van der Waals surface area (Å²) in [6.45, 7) is 7.52. The Morgan fingerprint density at radius 1 is 0.968 bits per heavy atom. The molecule has 2 aliphatic rings. The molecule has 0 aromatic heterocycles. The monoisotopic (exact) mass is 423 g/mol. The average molecular weight is 424 g/mol. The summed E-state index contributed by atoms with van der Waals surface area (Å²) in [5.74, 6) is 2.38. The topological polar surface area (TPSA) is 38.8 Å². The molecule has 31 heavy (non-hydrogen) atoms. The largest absolute Gasteiger partial charge is 0.493 e. The molecule has 4 heteroatoms. The number of hydrogen-bond acceptors (Lipinski definition) is 4. The maximum absolute atomic E-state index is 12.9. The molecule has 1 fully saturated rings. The van der Waals surface area contributed by atoms with E-state index in [0.717, 1.165) is 43.6 Å². The van der Waals surface area contributed by atoms with E-state index >= 15 is 0 Å². The van der Waals surface area contributed by atoms with Gasteiger partial charge < -0.3 is 9.47 Å². The number of likely N-dealkylation sites (tertiary alicyclic amines) is 1. The van der Waals surface area contributed by atoms with Crippen molar-refractivity contribution in [1.29, 1.82) is 0 Å². The molecule has 2 aromatic carbocycles. The minimum atomic E-state index is 0.109. The van der Waals surface area contributed by atoms with Crippen LogP contribution in [-0.2, 0) is 13.0 Å². The van der Waals surface area contributed by atoms with E-state index in [1.165, 1.54) is 24.8 Å². The number of rotatable bonds is 6. The Hall–Kier alpha value is -2.33. The number of carbonyl (C=O) groups excluding carboxylic acids is 1. The lowest BCUT2D eigenvalue weighted by Crippen LogP contribution is -2.34. The van der Waals surface area contributed by atoms with Crippen LogP contribution in [-0.4, -0.2) is 38.0 Å². The molecule has 1 aliphatic heterocycles. The van der Waals surface area contributed by atoms with Gasteiger partial charge in [0.15, 0.2) is 17.3 Å². The van der Waals surface area contributed by atoms with Gasteiger partial charge in [-0.2, -0.15) is 0 Å². The number of ether oxygens (including phenoxy) is 2. The number of piperidine rings is 1. The zero-order valence-electron chi connectivity index (χ0n) is 19.5. The molecular weight excluding hydrogens is 386 g/mol. The maximum atomic E-state index is 12.9. The van der Waals surface area contributed by atoms with E-state index in [4.69, 9.17) is 9.47 Å². The van der Waals surface area contributed by atoms with E-state index in [9.17, 15) is 4.79 Å². The minimum absolute atomic E-state index is 0.109. The molecule has 1 atom stereocenters. The van der Waals surface area contributed by atoms with Crippen LogP contribution in [0.4, 0.5) is 0 Å². The number of benzene rings is 2. The van der Waals surface area contributed by atoms with Crippen molar-refractivity contribution in [2.24, 2.45) is 11.8 Å². The summed E-state index contributed by atoms with van der Waals surface area (Å²) in [5, 5.41) is 0. The first-order chi connectivity index (χ1) is 15.1. The summed E-state index contributed by atoms with van der Waals surface area (Å²) >= 11 is 0. The van der Waals surface area contributed by atoms with Gasteiger partial charge in [-0.1, -0.05) is 50.6 Å². The van der Waals surface area contributed by atoms with Crippen molar-refractivity contribution in [3.05, 3.63) is 59.2 Å². The third-order valence-electron chi connectivity index (χ3n) is 6.29. The SMILES string of the molecule is CCC.COc1cc2c(cc1OC)C(=O)C(CC1CCN(Cc3ccccc3)CC1)C2. The highest BCUT2D eigenvalue weighted by atomic mass is 16.5. The molecule has 0 amide bonds. The standard InChI is InChI=1S/C24H29NO3.C3H8/c1-27-22-14-19-13-20(24(26)21(19)15-23(22)28-2)12-17-8-10-25(11-9-17)16-18-6-4-3-5-7-18;1-3-2/h3-7,14-15,17,20H,8-13,16H2,1-2H3;3H2,1-2H3. The van der Waals surface area contributed by atoms with Gasteiger partial charge >= 0.3 is 0 Å². The lowest BCUT2D eigenvalue weighted by molar-refractivity contribution is 0.0895. The van der Waals surface area contributed by atoms with Crippen LogP contribution in [0.1, 0.15) is 61.0 Å². The molecule has 1 unspecified atom stereocenters.